The van der Waals surface area contributed by atoms with E-state index in [9.17, 15) is 4.39 Å². The van der Waals surface area contributed by atoms with Crippen LogP contribution >= 0.6 is 27.7 Å². The third kappa shape index (κ3) is 3.19. The summed E-state index contributed by atoms with van der Waals surface area (Å²) in [6, 6.07) is 4.83. The zero-order valence-electron chi connectivity index (χ0n) is 8.15. The average Bonchev–Trinajstić information content (AvgIpc) is 2.30. The molecule has 86 valence electrons. The molecular weight excluding hydrogens is 297 g/mol. The average molecular weight is 306 g/mol. The normalized spacial score (nSPS) is 12.2. The van der Waals surface area contributed by atoms with Crippen molar-refractivity contribution >= 4 is 27.7 Å². The van der Waals surface area contributed by atoms with Gasteiger partial charge in [-0.25, -0.2) is 4.39 Å². The number of rotatable bonds is 4. The van der Waals surface area contributed by atoms with Gasteiger partial charge in [-0.3, -0.25) is 0 Å². The zero-order chi connectivity index (χ0) is 12.1. The number of nitrogens with zero attached hydrogens (tertiary/aromatic N) is 1. The Morgan fingerprint density at radius 2 is 2.25 bits per heavy atom. The molecule has 2 N–H and O–H groups in total. The molecular formula is C10H9BrFNO2S. The molecule has 0 radical (unpaired) electrons. The molecule has 1 atom stereocenters. The van der Waals surface area contributed by atoms with Crippen LogP contribution in [0.15, 0.2) is 21.5 Å². The fourth-order valence-electron chi connectivity index (χ4n) is 0.968. The maximum Gasteiger partial charge on any atom is 0.152 e. The van der Waals surface area contributed by atoms with Gasteiger partial charge in [0.25, 0.3) is 0 Å². The topological polar surface area (TPSA) is 64.2 Å². The predicted molar refractivity (Wildman–Crippen MR) is 62.6 cm³/mol. The lowest BCUT2D eigenvalue weighted by atomic mass is 10.2. The number of aliphatic hydroxyl groups is 2. The zero-order valence-corrected chi connectivity index (χ0v) is 10.6. The molecule has 0 fully saturated rings. The van der Waals surface area contributed by atoms with Crippen LogP contribution < -0.4 is 0 Å². The molecule has 1 aromatic rings. The molecule has 16 heavy (non-hydrogen) atoms. The maximum absolute atomic E-state index is 13.6. The number of benzene rings is 1. The fraction of sp³-hybridized carbons (Fsp3) is 0.300. The van der Waals surface area contributed by atoms with E-state index in [1.165, 1.54) is 12.1 Å². The van der Waals surface area contributed by atoms with E-state index in [0.29, 0.717) is 4.90 Å². The van der Waals surface area contributed by atoms with Crippen molar-refractivity contribution in [2.24, 2.45) is 0 Å². The third-order valence-electron chi connectivity index (χ3n) is 1.81. The smallest absolute Gasteiger partial charge is 0.152 e. The second kappa shape index (κ2) is 6.21. The maximum atomic E-state index is 13.6. The summed E-state index contributed by atoms with van der Waals surface area (Å²) < 4.78 is 13.8. The molecule has 6 heteroatoms. The Balaban J connectivity index is 2.84. The lowest BCUT2D eigenvalue weighted by Crippen LogP contribution is -2.14. The summed E-state index contributed by atoms with van der Waals surface area (Å²) in [5.41, 5.74) is 0.226. The Morgan fingerprint density at radius 1 is 1.56 bits per heavy atom. The van der Waals surface area contributed by atoms with Crippen LogP contribution in [0.2, 0.25) is 0 Å². The molecule has 0 aliphatic carbocycles. The number of hydrogen-bond acceptors (Lipinski definition) is 4. The van der Waals surface area contributed by atoms with Crippen LogP contribution in [0.4, 0.5) is 4.39 Å². The van der Waals surface area contributed by atoms with Crippen LogP contribution in [-0.2, 0) is 0 Å². The quantitative estimate of drug-likeness (QED) is 0.834. The highest BCUT2D eigenvalue weighted by Gasteiger charge is 2.12. The van der Waals surface area contributed by atoms with Crippen molar-refractivity contribution in [3.63, 3.8) is 0 Å². The first-order valence-electron chi connectivity index (χ1n) is 4.40. The highest BCUT2D eigenvalue weighted by Crippen LogP contribution is 2.30. The van der Waals surface area contributed by atoms with E-state index in [-0.39, 0.29) is 22.4 Å². The van der Waals surface area contributed by atoms with Gasteiger partial charge in [0.15, 0.2) is 5.82 Å². The van der Waals surface area contributed by atoms with Crippen molar-refractivity contribution < 1.29 is 14.6 Å². The van der Waals surface area contributed by atoms with Crippen LogP contribution in [0.3, 0.4) is 0 Å². The number of hydrogen-bond donors (Lipinski definition) is 2. The molecule has 0 aliphatic heterocycles. The van der Waals surface area contributed by atoms with Crippen molar-refractivity contribution in [3.8, 4) is 6.07 Å². The van der Waals surface area contributed by atoms with Gasteiger partial charge in [-0.1, -0.05) is 0 Å². The van der Waals surface area contributed by atoms with Crippen molar-refractivity contribution in [2.75, 3.05) is 12.4 Å². The van der Waals surface area contributed by atoms with Crippen molar-refractivity contribution in [1.82, 2.24) is 0 Å². The van der Waals surface area contributed by atoms with Gasteiger partial charge >= 0.3 is 0 Å². The van der Waals surface area contributed by atoms with E-state index in [0.717, 1.165) is 11.8 Å². The summed E-state index contributed by atoms with van der Waals surface area (Å²) in [7, 11) is 0. The molecule has 3 nitrogen and oxygen atoms in total. The van der Waals surface area contributed by atoms with Gasteiger partial charge < -0.3 is 10.2 Å². The van der Waals surface area contributed by atoms with E-state index in [1.54, 1.807) is 0 Å². The molecule has 0 amide bonds. The molecule has 0 saturated heterocycles. The molecule has 0 spiro atoms. The lowest BCUT2D eigenvalue weighted by Gasteiger charge is -2.08. The summed E-state index contributed by atoms with van der Waals surface area (Å²) in [4.78, 5) is 0.332. The minimum absolute atomic E-state index is 0.124. The highest BCUT2D eigenvalue weighted by molar-refractivity contribution is 9.10. The van der Waals surface area contributed by atoms with Gasteiger partial charge in [-0.2, -0.15) is 5.26 Å². The number of halogens is 2. The van der Waals surface area contributed by atoms with E-state index in [4.69, 9.17) is 15.5 Å². The fourth-order valence-corrected chi connectivity index (χ4v) is 2.40. The Labute approximate surface area is 105 Å². The van der Waals surface area contributed by atoms with Gasteiger partial charge in [0.05, 0.1) is 22.7 Å². The minimum Gasteiger partial charge on any atom is -0.394 e. The SMILES string of the molecule is N#Cc1ccc(SCC(O)CO)c(F)c1Br. The monoisotopic (exact) mass is 305 g/mol. The Hall–Kier alpha value is -0.610. The summed E-state index contributed by atoms with van der Waals surface area (Å²) in [5, 5.41) is 26.4. The van der Waals surface area contributed by atoms with Gasteiger partial charge in [0.2, 0.25) is 0 Å². The second-order valence-electron chi connectivity index (χ2n) is 3.00. The van der Waals surface area contributed by atoms with Gasteiger partial charge in [0.1, 0.15) is 6.07 Å². The predicted octanol–water partition coefficient (Wildman–Crippen LogP) is 1.91. The summed E-state index contributed by atoms with van der Waals surface area (Å²) in [5.74, 6) is -0.319. The van der Waals surface area contributed by atoms with Gasteiger partial charge in [-0.15, -0.1) is 11.8 Å². The summed E-state index contributed by atoms with van der Waals surface area (Å²) in [6.45, 7) is -0.355. The van der Waals surface area contributed by atoms with E-state index < -0.39 is 11.9 Å². The van der Waals surface area contributed by atoms with E-state index >= 15 is 0 Å². The molecule has 0 aromatic heterocycles. The lowest BCUT2D eigenvalue weighted by molar-refractivity contribution is 0.113. The number of nitriles is 1. The number of aliphatic hydroxyl groups excluding tert-OH is 2. The largest absolute Gasteiger partial charge is 0.394 e. The van der Waals surface area contributed by atoms with Crippen LogP contribution in [0.5, 0.6) is 0 Å². The molecule has 0 bridgehead atoms. The van der Waals surface area contributed by atoms with Crippen LogP contribution in [0, 0.1) is 17.1 Å². The van der Waals surface area contributed by atoms with Crippen LogP contribution in [0.25, 0.3) is 0 Å². The second-order valence-corrected chi connectivity index (χ2v) is 4.85. The summed E-state index contributed by atoms with van der Waals surface area (Å²) >= 11 is 4.08. The Bertz CT molecular complexity index is 422. The third-order valence-corrected chi connectivity index (χ3v) is 3.76. The summed E-state index contributed by atoms with van der Waals surface area (Å²) in [6.07, 6.45) is -0.876. The first kappa shape index (κ1) is 13.5. The van der Waals surface area contributed by atoms with E-state index in [1.807, 2.05) is 6.07 Å². The van der Waals surface area contributed by atoms with Crippen molar-refractivity contribution in [3.05, 3.63) is 28.0 Å². The van der Waals surface area contributed by atoms with Crippen molar-refractivity contribution in [2.45, 2.75) is 11.0 Å². The van der Waals surface area contributed by atoms with Crippen LogP contribution in [0.1, 0.15) is 5.56 Å². The molecule has 0 heterocycles. The number of thioether (sulfide) groups is 1. The van der Waals surface area contributed by atoms with E-state index in [2.05, 4.69) is 15.9 Å². The highest BCUT2D eigenvalue weighted by atomic mass is 79.9. The Morgan fingerprint density at radius 3 is 2.81 bits per heavy atom. The van der Waals surface area contributed by atoms with Crippen molar-refractivity contribution in [1.29, 1.82) is 5.26 Å². The molecule has 0 aliphatic rings. The standard InChI is InChI=1S/C10H9BrFNO2S/c11-9-6(3-13)1-2-8(10(9)12)16-5-7(15)4-14/h1-2,7,14-15H,4-5H2. The molecule has 0 saturated carbocycles. The van der Waals surface area contributed by atoms with Gasteiger partial charge in [0, 0.05) is 10.6 Å². The first-order valence-corrected chi connectivity index (χ1v) is 6.17. The Kier molecular flexibility index (Phi) is 5.22. The molecule has 1 aromatic carbocycles. The first-order chi connectivity index (χ1) is 7.60. The molecule has 1 unspecified atom stereocenters. The van der Waals surface area contributed by atoms with Gasteiger partial charge in [-0.05, 0) is 28.1 Å². The molecule has 1 rings (SSSR count). The minimum atomic E-state index is -0.876. The van der Waals surface area contributed by atoms with Crippen LogP contribution in [-0.4, -0.2) is 28.7 Å².